The fraction of sp³-hybridized carbons (Fsp3) is 0.400. The van der Waals surface area contributed by atoms with E-state index in [1.54, 1.807) is 75.4 Å². The Bertz CT molecular complexity index is 1640. The third kappa shape index (κ3) is 15.6. The van der Waals surface area contributed by atoms with Crippen molar-refractivity contribution in [2.24, 2.45) is 0 Å². The van der Waals surface area contributed by atoms with Gasteiger partial charge in [0.05, 0.1) is 22.9 Å². The molecule has 0 saturated heterocycles. The van der Waals surface area contributed by atoms with E-state index in [1.165, 1.54) is 12.1 Å². The normalized spacial score (nSPS) is 10.7. The summed E-state index contributed by atoms with van der Waals surface area (Å²) in [6, 6.07) is 15.9. The summed E-state index contributed by atoms with van der Waals surface area (Å²) in [5, 5.41) is 8.27. The van der Waals surface area contributed by atoms with Crippen molar-refractivity contribution >= 4 is 40.9 Å². The number of carbonyl (C=O) groups is 4. The highest BCUT2D eigenvalue weighted by Gasteiger charge is 2.24. The van der Waals surface area contributed by atoms with Crippen LogP contribution in [0.5, 0.6) is 11.5 Å². The maximum Gasteiger partial charge on any atom is 0.407 e. The van der Waals surface area contributed by atoms with Gasteiger partial charge >= 0.3 is 12.1 Å². The highest BCUT2D eigenvalue weighted by molar-refractivity contribution is 6.09. The number of ether oxygens (including phenoxy) is 4. The minimum absolute atomic E-state index is 0. The molecular formula is C40H56N4O8. The van der Waals surface area contributed by atoms with Gasteiger partial charge in [0.15, 0.2) is 11.5 Å². The molecule has 0 fully saturated rings. The van der Waals surface area contributed by atoms with E-state index in [0.29, 0.717) is 34.7 Å². The van der Waals surface area contributed by atoms with Crippen LogP contribution < -0.4 is 31.2 Å². The molecule has 284 valence electrons. The summed E-state index contributed by atoms with van der Waals surface area (Å²) in [7, 11) is 0. The largest absolute Gasteiger partial charge is 0.485 e. The van der Waals surface area contributed by atoms with E-state index < -0.39 is 23.1 Å². The summed E-state index contributed by atoms with van der Waals surface area (Å²) in [6.07, 6.45) is 1.84. The fourth-order valence-corrected chi connectivity index (χ4v) is 4.07. The molecule has 52 heavy (non-hydrogen) atoms. The molecule has 0 heterocycles. The second-order valence-electron chi connectivity index (χ2n) is 13.6. The molecule has 0 spiro atoms. The van der Waals surface area contributed by atoms with Gasteiger partial charge in [-0.05, 0) is 122 Å². The van der Waals surface area contributed by atoms with Gasteiger partial charge in [-0.2, -0.15) is 0 Å². The molecule has 0 aromatic heterocycles. The van der Waals surface area contributed by atoms with E-state index in [1.807, 2.05) is 41.5 Å². The molecule has 0 unspecified atom stereocenters. The summed E-state index contributed by atoms with van der Waals surface area (Å²) in [6.45, 7) is 21.0. The lowest BCUT2D eigenvalue weighted by Gasteiger charge is -2.21. The van der Waals surface area contributed by atoms with Gasteiger partial charge in [0.1, 0.15) is 17.8 Å². The molecule has 0 aliphatic carbocycles. The number of nitrogen functional groups attached to an aromatic ring is 1. The van der Waals surface area contributed by atoms with E-state index >= 15 is 0 Å². The van der Waals surface area contributed by atoms with Crippen molar-refractivity contribution in [3.63, 3.8) is 0 Å². The first kappa shape index (κ1) is 44.5. The fourth-order valence-electron chi connectivity index (χ4n) is 4.07. The molecule has 0 radical (unpaired) electrons. The SMILES string of the molecule is C.C=CCOc1c(C(=O)Nc2ccc(C(=O)OC(C)(C)C)cc2)ccc(NC(=O)c2ccc(N)cc2)c1OC(C)C.CCCNC(=O)OC(C)(C)C. The van der Waals surface area contributed by atoms with Gasteiger partial charge in [0, 0.05) is 23.5 Å². The molecule has 3 aromatic rings. The van der Waals surface area contributed by atoms with Crippen LogP contribution in [0.1, 0.15) is 107 Å². The van der Waals surface area contributed by atoms with Crippen molar-refractivity contribution in [3.8, 4) is 11.5 Å². The zero-order valence-electron chi connectivity index (χ0n) is 31.1. The Kier molecular flexibility index (Phi) is 17.4. The van der Waals surface area contributed by atoms with Crippen LogP contribution in [-0.4, -0.2) is 54.3 Å². The van der Waals surface area contributed by atoms with Crippen LogP contribution in [0.15, 0.2) is 73.3 Å². The van der Waals surface area contributed by atoms with Gasteiger partial charge in [-0.1, -0.05) is 27.0 Å². The first-order valence-corrected chi connectivity index (χ1v) is 16.7. The highest BCUT2D eigenvalue weighted by atomic mass is 16.6. The maximum atomic E-state index is 13.4. The number of hydrogen-bond donors (Lipinski definition) is 4. The lowest BCUT2D eigenvalue weighted by molar-refractivity contribution is 0.00690. The van der Waals surface area contributed by atoms with Crippen molar-refractivity contribution < 1.29 is 38.1 Å². The molecule has 0 saturated carbocycles. The third-order valence-corrected chi connectivity index (χ3v) is 6.17. The van der Waals surface area contributed by atoms with Crippen LogP contribution >= 0.6 is 0 Å². The monoisotopic (exact) mass is 720 g/mol. The van der Waals surface area contributed by atoms with Gasteiger partial charge in [0.2, 0.25) is 0 Å². The minimum atomic E-state index is -0.623. The van der Waals surface area contributed by atoms with Gasteiger partial charge in [-0.15, -0.1) is 0 Å². The van der Waals surface area contributed by atoms with Crippen LogP contribution in [0.2, 0.25) is 0 Å². The van der Waals surface area contributed by atoms with Crippen molar-refractivity contribution in [3.05, 3.63) is 90.0 Å². The summed E-state index contributed by atoms with van der Waals surface area (Å²) >= 11 is 0. The smallest absolute Gasteiger partial charge is 0.407 e. The Labute approximate surface area is 308 Å². The van der Waals surface area contributed by atoms with Crippen LogP contribution in [-0.2, 0) is 9.47 Å². The van der Waals surface area contributed by atoms with Crippen molar-refractivity contribution in [1.29, 1.82) is 0 Å². The third-order valence-electron chi connectivity index (χ3n) is 6.17. The summed E-state index contributed by atoms with van der Waals surface area (Å²) in [5.74, 6) is -0.975. The summed E-state index contributed by atoms with van der Waals surface area (Å²) in [5.41, 5.74) is 6.98. The second kappa shape index (κ2) is 20.4. The summed E-state index contributed by atoms with van der Waals surface area (Å²) in [4.78, 5) is 49.5. The zero-order chi connectivity index (χ0) is 38.4. The average molecular weight is 721 g/mol. The Morgan fingerprint density at radius 3 is 1.88 bits per heavy atom. The molecule has 3 aromatic carbocycles. The van der Waals surface area contributed by atoms with Crippen LogP contribution in [0.3, 0.4) is 0 Å². The molecule has 0 bridgehead atoms. The number of alkyl carbamates (subject to hydrolysis) is 1. The van der Waals surface area contributed by atoms with Gasteiger partial charge < -0.3 is 40.6 Å². The van der Waals surface area contributed by atoms with Gasteiger partial charge in [-0.25, -0.2) is 9.59 Å². The maximum absolute atomic E-state index is 13.4. The lowest BCUT2D eigenvalue weighted by atomic mass is 10.1. The predicted molar refractivity (Wildman–Crippen MR) is 208 cm³/mol. The molecule has 3 amide bonds. The van der Waals surface area contributed by atoms with Crippen molar-refractivity contribution in [2.75, 3.05) is 29.5 Å². The number of esters is 1. The van der Waals surface area contributed by atoms with Crippen molar-refractivity contribution in [1.82, 2.24) is 5.32 Å². The number of anilines is 3. The quantitative estimate of drug-likeness (QED) is 0.0813. The number of benzene rings is 3. The van der Waals surface area contributed by atoms with E-state index in [0.717, 1.165) is 6.42 Å². The molecule has 12 nitrogen and oxygen atoms in total. The van der Waals surface area contributed by atoms with Gasteiger partial charge in [-0.3, -0.25) is 9.59 Å². The molecule has 3 rings (SSSR count). The molecule has 0 atom stereocenters. The first-order chi connectivity index (χ1) is 23.8. The zero-order valence-corrected chi connectivity index (χ0v) is 31.1. The summed E-state index contributed by atoms with van der Waals surface area (Å²) < 4.78 is 22.3. The van der Waals surface area contributed by atoms with Crippen LogP contribution in [0.4, 0.5) is 21.9 Å². The minimum Gasteiger partial charge on any atom is -0.485 e. The lowest BCUT2D eigenvalue weighted by Crippen LogP contribution is -2.32. The number of nitrogens with one attached hydrogen (secondary N) is 3. The van der Waals surface area contributed by atoms with E-state index in [2.05, 4.69) is 22.5 Å². The van der Waals surface area contributed by atoms with E-state index in [-0.39, 0.29) is 49.2 Å². The molecular weight excluding hydrogens is 664 g/mol. The Balaban J connectivity index is 0.000000973. The van der Waals surface area contributed by atoms with Crippen molar-refractivity contribution in [2.45, 2.75) is 93.5 Å². The number of nitrogens with two attached hydrogens (primary N) is 1. The molecule has 0 aliphatic rings. The standard InChI is InChI=1S/C31H35N3O6.C8H17NO2.CH4/c1-7-18-38-26-24(29(36)33-23-14-10-21(11-15-23)30(37)40-31(4,5)6)16-17-25(27(26)39-19(2)3)34-28(35)20-8-12-22(32)13-9-20;1-5-6-9-7(10)11-8(2,3)4;/h7-17,19H,1,18,32H2,2-6H3,(H,33,36)(H,34,35);5-6H2,1-4H3,(H,9,10);1H4. The van der Waals surface area contributed by atoms with E-state index in [9.17, 15) is 19.2 Å². The second-order valence-corrected chi connectivity index (χ2v) is 13.6. The number of rotatable bonds is 12. The number of hydrogen-bond acceptors (Lipinski definition) is 9. The topological polar surface area (TPSA) is 167 Å². The molecule has 0 aliphatic heterocycles. The van der Waals surface area contributed by atoms with Crippen LogP contribution in [0, 0.1) is 0 Å². The Hall–Kier alpha value is -5.52. The number of carbonyl (C=O) groups excluding carboxylic acids is 4. The Morgan fingerprint density at radius 2 is 1.37 bits per heavy atom. The predicted octanol–water partition coefficient (Wildman–Crippen LogP) is 8.64. The highest BCUT2D eigenvalue weighted by Crippen LogP contribution is 2.40. The Morgan fingerprint density at radius 1 is 0.788 bits per heavy atom. The first-order valence-electron chi connectivity index (χ1n) is 16.7. The van der Waals surface area contributed by atoms with E-state index in [4.69, 9.17) is 24.7 Å². The molecule has 5 N–H and O–H groups in total. The molecule has 12 heteroatoms. The van der Waals surface area contributed by atoms with Crippen LogP contribution in [0.25, 0.3) is 0 Å². The average Bonchev–Trinajstić information content (AvgIpc) is 3.02. The van der Waals surface area contributed by atoms with Gasteiger partial charge in [0.25, 0.3) is 11.8 Å². The number of amides is 3.